The van der Waals surface area contributed by atoms with Gasteiger partial charge in [0.25, 0.3) is 5.69 Å². The molecule has 1 N–H and O–H groups in total. The SMILES string of the molecule is O=[N+]([O-])c1cc(CCl)c(O)c(CCl)c1. The Bertz CT molecular complexity index is 343. The number of rotatable bonds is 3. The third-order valence-corrected chi connectivity index (χ3v) is 2.33. The molecule has 0 heterocycles. The van der Waals surface area contributed by atoms with Crippen molar-refractivity contribution in [3.63, 3.8) is 0 Å². The molecule has 6 heteroatoms. The van der Waals surface area contributed by atoms with E-state index in [1.165, 1.54) is 12.1 Å². The zero-order chi connectivity index (χ0) is 10.7. The van der Waals surface area contributed by atoms with E-state index >= 15 is 0 Å². The molecule has 0 amide bonds. The van der Waals surface area contributed by atoms with Crippen LogP contribution in [0.3, 0.4) is 0 Å². The Balaban J connectivity index is 3.32. The number of alkyl halides is 2. The molecule has 4 nitrogen and oxygen atoms in total. The van der Waals surface area contributed by atoms with E-state index in [-0.39, 0.29) is 23.2 Å². The summed E-state index contributed by atoms with van der Waals surface area (Å²) in [6, 6.07) is 2.47. The molecule has 76 valence electrons. The lowest BCUT2D eigenvalue weighted by Crippen LogP contribution is -1.93. The quantitative estimate of drug-likeness (QED) is 0.498. The number of nitrogens with zero attached hydrogens (tertiary/aromatic N) is 1. The van der Waals surface area contributed by atoms with E-state index in [0.717, 1.165) is 0 Å². The minimum Gasteiger partial charge on any atom is -0.507 e. The van der Waals surface area contributed by atoms with Crippen LogP contribution in [-0.2, 0) is 11.8 Å². The first-order valence-electron chi connectivity index (χ1n) is 3.71. The zero-order valence-electron chi connectivity index (χ0n) is 7.04. The Morgan fingerprint density at radius 2 is 1.71 bits per heavy atom. The van der Waals surface area contributed by atoms with Gasteiger partial charge in [-0.25, -0.2) is 0 Å². The Morgan fingerprint density at radius 1 is 1.29 bits per heavy atom. The normalized spacial score (nSPS) is 10.1. The van der Waals surface area contributed by atoms with Crippen molar-refractivity contribution in [1.29, 1.82) is 0 Å². The molecule has 0 saturated heterocycles. The fourth-order valence-corrected chi connectivity index (χ4v) is 1.46. The lowest BCUT2D eigenvalue weighted by Gasteiger charge is -2.05. The average Bonchev–Trinajstić information content (AvgIpc) is 2.17. The number of phenols is 1. The number of hydrogen-bond acceptors (Lipinski definition) is 3. The summed E-state index contributed by atoms with van der Waals surface area (Å²) in [7, 11) is 0. The van der Waals surface area contributed by atoms with E-state index in [4.69, 9.17) is 23.2 Å². The highest BCUT2D eigenvalue weighted by Gasteiger charge is 2.14. The van der Waals surface area contributed by atoms with Crippen molar-refractivity contribution in [2.24, 2.45) is 0 Å². The average molecular weight is 236 g/mol. The second kappa shape index (κ2) is 4.48. The number of halogens is 2. The molecule has 0 unspecified atom stereocenters. The molecule has 0 radical (unpaired) electrons. The predicted octanol–water partition coefficient (Wildman–Crippen LogP) is 2.78. The molecule has 14 heavy (non-hydrogen) atoms. The molecule has 0 aromatic heterocycles. The number of phenolic OH excluding ortho intramolecular Hbond substituents is 1. The summed E-state index contributed by atoms with van der Waals surface area (Å²) in [6.07, 6.45) is 0. The molecule has 0 spiro atoms. The van der Waals surface area contributed by atoms with Gasteiger partial charge >= 0.3 is 0 Å². The van der Waals surface area contributed by atoms with Crippen LogP contribution in [0.25, 0.3) is 0 Å². The molecule has 0 aliphatic carbocycles. The topological polar surface area (TPSA) is 63.4 Å². The number of aromatic hydroxyl groups is 1. The van der Waals surface area contributed by atoms with E-state index in [1.807, 2.05) is 0 Å². The number of nitro benzene ring substituents is 1. The molecule has 0 aliphatic heterocycles. The third kappa shape index (κ3) is 2.08. The van der Waals surface area contributed by atoms with Gasteiger partial charge in [-0.1, -0.05) is 0 Å². The van der Waals surface area contributed by atoms with Crippen molar-refractivity contribution < 1.29 is 10.0 Å². The van der Waals surface area contributed by atoms with Crippen LogP contribution in [0.1, 0.15) is 11.1 Å². The first-order valence-corrected chi connectivity index (χ1v) is 4.78. The molecule has 0 aliphatic rings. The van der Waals surface area contributed by atoms with Crippen LogP contribution in [0.4, 0.5) is 5.69 Å². The maximum atomic E-state index is 10.5. The van der Waals surface area contributed by atoms with Gasteiger partial charge in [0.2, 0.25) is 0 Å². The van der Waals surface area contributed by atoms with Gasteiger partial charge in [-0.15, -0.1) is 23.2 Å². The summed E-state index contributed by atoms with van der Waals surface area (Å²) in [5.41, 5.74) is 0.516. The number of nitro groups is 1. The lowest BCUT2D eigenvalue weighted by atomic mass is 10.1. The third-order valence-electron chi connectivity index (χ3n) is 1.75. The Kier molecular flexibility index (Phi) is 3.55. The molecular weight excluding hydrogens is 229 g/mol. The minimum absolute atomic E-state index is 0.0113. The van der Waals surface area contributed by atoms with E-state index in [9.17, 15) is 15.2 Å². The highest BCUT2D eigenvalue weighted by Crippen LogP contribution is 2.30. The lowest BCUT2D eigenvalue weighted by molar-refractivity contribution is -0.385. The van der Waals surface area contributed by atoms with Gasteiger partial charge in [0.1, 0.15) is 5.75 Å². The second-order valence-corrected chi connectivity index (χ2v) is 3.17. The van der Waals surface area contributed by atoms with E-state index < -0.39 is 4.92 Å². The summed E-state index contributed by atoms with van der Waals surface area (Å²) in [5, 5.41) is 20.0. The highest BCUT2D eigenvalue weighted by atomic mass is 35.5. The van der Waals surface area contributed by atoms with Gasteiger partial charge in [-0.2, -0.15) is 0 Å². The summed E-state index contributed by atoms with van der Waals surface area (Å²) >= 11 is 11.0. The van der Waals surface area contributed by atoms with Gasteiger partial charge in [-0.3, -0.25) is 10.1 Å². The van der Waals surface area contributed by atoms with Gasteiger partial charge in [-0.05, 0) is 0 Å². The first-order chi connectivity index (χ1) is 6.60. The molecule has 1 rings (SSSR count). The smallest absolute Gasteiger partial charge is 0.270 e. The predicted molar refractivity (Wildman–Crippen MR) is 53.9 cm³/mol. The van der Waals surface area contributed by atoms with Crippen molar-refractivity contribution in [2.75, 3.05) is 0 Å². The largest absolute Gasteiger partial charge is 0.507 e. The summed E-state index contributed by atoms with van der Waals surface area (Å²) < 4.78 is 0. The summed E-state index contributed by atoms with van der Waals surface area (Å²) in [5.74, 6) is -0.0463. The van der Waals surface area contributed by atoms with Gasteiger partial charge in [0.05, 0.1) is 16.7 Å². The molecule has 1 aromatic rings. The molecule has 0 bridgehead atoms. The van der Waals surface area contributed by atoms with E-state index in [1.54, 1.807) is 0 Å². The van der Waals surface area contributed by atoms with Crippen LogP contribution >= 0.6 is 23.2 Å². The van der Waals surface area contributed by atoms with Crippen molar-refractivity contribution in [3.05, 3.63) is 33.4 Å². The molecular formula is C8H7Cl2NO3. The Morgan fingerprint density at radius 3 is 2.00 bits per heavy atom. The fraction of sp³-hybridized carbons (Fsp3) is 0.250. The Hall–Kier alpha value is -1.00. The minimum atomic E-state index is -0.550. The first kappa shape index (κ1) is 11.1. The van der Waals surface area contributed by atoms with Crippen LogP contribution in [0.5, 0.6) is 5.75 Å². The van der Waals surface area contributed by atoms with Crippen molar-refractivity contribution in [3.8, 4) is 5.75 Å². The van der Waals surface area contributed by atoms with Crippen molar-refractivity contribution in [1.82, 2.24) is 0 Å². The van der Waals surface area contributed by atoms with Gasteiger partial charge in [0.15, 0.2) is 0 Å². The number of non-ortho nitro benzene ring substituents is 1. The van der Waals surface area contributed by atoms with Crippen molar-refractivity contribution >= 4 is 28.9 Å². The van der Waals surface area contributed by atoms with Gasteiger partial charge in [0, 0.05) is 23.3 Å². The van der Waals surface area contributed by atoms with Crippen LogP contribution in [-0.4, -0.2) is 10.0 Å². The van der Waals surface area contributed by atoms with Crippen LogP contribution in [0.15, 0.2) is 12.1 Å². The number of hydrogen-bond donors (Lipinski definition) is 1. The maximum Gasteiger partial charge on any atom is 0.270 e. The number of benzene rings is 1. The maximum absolute atomic E-state index is 10.5. The van der Waals surface area contributed by atoms with Crippen LogP contribution in [0, 0.1) is 10.1 Å². The fourth-order valence-electron chi connectivity index (χ4n) is 1.05. The molecule has 0 atom stereocenters. The summed E-state index contributed by atoms with van der Waals surface area (Å²) in [6.45, 7) is 0. The van der Waals surface area contributed by atoms with E-state index in [2.05, 4.69) is 0 Å². The van der Waals surface area contributed by atoms with E-state index in [0.29, 0.717) is 11.1 Å². The Labute approximate surface area is 90.2 Å². The monoisotopic (exact) mass is 235 g/mol. The van der Waals surface area contributed by atoms with Crippen LogP contribution in [0.2, 0.25) is 0 Å². The van der Waals surface area contributed by atoms with Crippen molar-refractivity contribution in [2.45, 2.75) is 11.8 Å². The molecule has 0 saturated carbocycles. The summed E-state index contributed by atoms with van der Waals surface area (Å²) in [4.78, 5) is 9.94. The highest BCUT2D eigenvalue weighted by molar-refractivity contribution is 6.18. The van der Waals surface area contributed by atoms with Crippen LogP contribution < -0.4 is 0 Å². The molecule has 1 aromatic carbocycles. The second-order valence-electron chi connectivity index (χ2n) is 2.64. The zero-order valence-corrected chi connectivity index (χ0v) is 8.55. The standard InChI is InChI=1S/C8H7Cl2NO3/c9-3-5-1-7(11(13)14)2-6(4-10)8(5)12/h1-2,12H,3-4H2. The molecule has 0 fully saturated rings. The van der Waals surface area contributed by atoms with Gasteiger partial charge < -0.3 is 5.11 Å².